The molecule has 128 valence electrons. The molecule has 0 unspecified atom stereocenters. The van der Waals surface area contributed by atoms with Gasteiger partial charge in [-0.25, -0.2) is 0 Å². The van der Waals surface area contributed by atoms with E-state index >= 15 is 0 Å². The third-order valence-corrected chi connectivity index (χ3v) is 5.58. The predicted molar refractivity (Wildman–Crippen MR) is 91.5 cm³/mol. The van der Waals surface area contributed by atoms with Crippen molar-refractivity contribution in [2.75, 3.05) is 26.2 Å². The van der Waals surface area contributed by atoms with Crippen molar-refractivity contribution in [1.82, 2.24) is 10.2 Å². The summed E-state index contributed by atoms with van der Waals surface area (Å²) in [5, 5.41) is 16.1. The number of likely N-dealkylation sites (tertiary alicyclic amines) is 1. The minimum atomic E-state index is -0.0765. The minimum Gasteiger partial charge on any atom is -0.396 e. The molecular weight excluding hydrogens is 312 g/mol. The van der Waals surface area contributed by atoms with E-state index in [4.69, 9.17) is 0 Å². The smallest absolute Gasteiger partial charge is 0.252 e. The summed E-state index contributed by atoms with van der Waals surface area (Å²) in [6, 6.07) is 1.79. The molecule has 0 atom stereocenters. The number of thiophene rings is 1. The van der Waals surface area contributed by atoms with E-state index in [1.165, 1.54) is 11.3 Å². The van der Waals surface area contributed by atoms with Crippen LogP contribution in [0.3, 0.4) is 0 Å². The molecule has 1 aliphatic rings. The normalized spacial score (nSPS) is 17.0. The van der Waals surface area contributed by atoms with Crippen LogP contribution in [0.5, 0.6) is 0 Å². The van der Waals surface area contributed by atoms with Crippen LogP contribution in [0.4, 0.5) is 0 Å². The monoisotopic (exact) mass is 338 g/mol. The van der Waals surface area contributed by atoms with Crippen LogP contribution in [-0.2, 0) is 4.79 Å². The molecule has 1 aliphatic heterocycles. The van der Waals surface area contributed by atoms with Crippen molar-refractivity contribution in [3.05, 3.63) is 22.4 Å². The third kappa shape index (κ3) is 4.78. The molecule has 2 amide bonds. The zero-order chi connectivity index (χ0) is 16.7. The number of carbonyl (C=O) groups is 2. The van der Waals surface area contributed by atoms with Crippen molar-refractivity contribution < 1.29 is 14.7 Å². The molecule has 0 bridgehead atoms. The van der Waals surface area contributed by atoms with Gasteiger partial charge in [-0.1, -0.05) is 6.92 Å². The van der Waals surface area contributed by atoms with Gasteiger partial charge >= 0.3 is 0 Å². The first-order chi connectivity index (χ1) is 11.1. The number of hydrogen-bond acceptors (Lipinski definition) is 4. The van der Waals surface area contributed by atoms with Crippen LogP contribution in [0, 0.1) is 5.41 Å². The Balaban J connectivity index is 1.65. The van der Waals surface area contributed by atoms with Crippen molar-refractivity contribution in [2.45, 2.75) is 39.0 Å². The van der Waals surface area contributed by atoms with Gasteiger partial charge in [-0.15, -0.1) is 0 Å². The van der Waals surface area contributed by atoms with Gasteiger partial charge in [0.25, 0.3) is 5.91 Å². The molecule has 6 heteroatoms. The number of rotatable bonds is 7. The summed E-state index contributed by atoms with van der Waals surface area (Å²) >= 11 is 1.49. The van der Waals surface area contributed by atoms with Crippen LogP contribution in [-0.4, -0.2) is 48.1 Å². The molecule has 1 saturated heterocycles. The fourth-order valence-corrected chi connectivity index (χ4v) is 3.59. The van der Waals surface area contributed by atoms with E-state index in [1.54, 1.807) is 6.07 Å². The van der Waals surface area contributed by atoms with Gasteiger partial charge in [-0.3, -0.25) is 9.59 Å². The maximum absolute atomic E-state index is 12.2. The van der Waals surface area contributed by atoms with Crippen molar-refractivity contribution in [2.24, 2.45) is 5.41 Å². The highest BCUT2D eigenvalue weighted by atomic mass is 32.1. The molecule has 1 aromatic rings. The lowest BCUT2D eigenvalue weighted by atomic mass is 9.77. The van der Waals surface area contributed by atoms with E-state index in [0.717, 1.165) is 32.4 Å². The molecule has 0 radical (unpaired) electrons. The van der Waals surface area contributed by atoms with E-state index in [-0.39, 0.29) is 23.8 Å². The summed E-state index contributed by atoms with van der Waals surface area (Å²) in [4.78, 5) is 25.9. The predicted octanol–water partition coefficient (Wildman–Crippen LogP) is 2.27. The van der Waals surface area contributed by atoms with E-state index in [1.807, 2.05) is 15.7 Å². The molecule has 5 nitrogen and oxygen atoms in total. The number of amides is 2. The van der Waals surface area contributed by atoms with Crippen LogP contribution >= 0.6 is 11.3 Å². The quantitative estimate of drug-likeness (QED) is 0.749. The van der Waals surface area contributed by atoms with Gasteiger partial charge in [-0.05, 0) is 42.5 Å². The molecular formula is C17H26N2O3S. The van der Waals surface area contributed by atoms with Crippen LogP contribution in [0.1, 0.15) is 49.4 Å². The molecule has 1 fully saturated rings. The summed E-state index contributed by atoms with van der Waals surface area (Å²) in [5.41, 5.74) is 0.683. The highest BCUT2D eigenvalue weighted by Gasteiger charge is 2.33. The Bertz CT molecular complexity index is 502. The van der Waals surface area contributed by atoms with Crippen LogP contribution < -0.4 is 5.32 Å². The molecule has 2 heterocycles. The molecule has 2 N–H and O–H groups in total. The fourth-order valence-electron chi connectivity index (χ4n) is 2.95. The second-order valence-electron chi connectivity index (χ2n) is 6.26. The molecule has 0 aromatic carbocycles. The van der Waals surface area contributed by atoms with Crippen molar-refractivity contribution in [3.63, 3.8) is 0 Å². The van der Waals surface area contributed by atoms with Crippen LogP contribution in [0.25, 0.3) is 0 Å². The zero-order valence-corrected chi connectivity index (χ0v) is 14.5. The summed E-state index contributed by atoms with van der Waals surface area (Å²) in [6.07, 6.45) is 3.83. The lowest BCUT2D eigenvalue weighted by Crippen LogP contribution is -2.44. The Morgan fingerprint density at radius 3 is 2.70 bits per heavy atom. The second-order valence-corrected chi connectivity index (χ2v) is 7.04. The Kier molecular flexibility index (Phi) is 6.59. The van der Waals surface area contributed by atoms with Crippen molar-refractivity contribution in [1.29, 1.82) is 0 Å². The Morgan fingerprint density at radius 1 is 1.39 bits per heavy atom. The number of hydrogen-bond donors (Lipinski definition) is 2. The standard InChI is InChI=1S/C17H26N2O3S/c1-2-17(13-20)6-9-19(10-7-17)15(21)4-3-8-18-16(22)14-5-11-23-12-14/h5,11-12,20H,2-4,6-10,13H2,1H3,(H,18,22). The summed E-state index contributed by atoms with van der Waals surface area (Å²) < 4.78 is 0. The molecule has 0 spiro atoms. The molecule has 1 aromatic heterocycles. The number of piperidine rings is 1. The molecule has 0 aliphatic carbocycles. The third-order valence-electron chi connectivity index (χ3n) is 4.90. The van der Waals surface area contributed by atoms with Gasteiger partial charge in [0.15, 0.2) is 0 Å². The SMILES string of the molecule is CCC1(CO)CCN(C(=O)CCCNC(=O)c2ccsc2)CC1. The van der Waals surface area contributed by atoms with E-state index in [9.17, 15) is 14.7 Å². The Hall–Kier alpha value is -1.40. The number of nitrogens with zero attached hydrogens (tertiary/aromatic N) is 1. The molecule has 2 rings (SSSR count). The van der Waals surface area contributed by atoms with E-state index in [2.05, 4.69) is 12.2 Å². The number of carbonyl (C=O) groups excluding carboxylic acids is 2. The fraction of sp³-hybridized carbons (Fsp3) is 0.647. The van der Waals surface area contributed by atoms with Gasteiger partial charge in [0.1, 0.15) is 0 Å². The average Bonchev–Trinajstić information content (AvgIpc) is 3.13. The highest BCUT2D eigenvalue weighted by Crippen LogP contribution is 2.34. The Morgan fingerprint density at radius 2 is 2.13 bits per heavy atom. The minimum absolute atomic E-state index is 0.00525. The second kappa shape index (κ2) is 8.45. The maximum atomic E-state index is 12.2. The average molecular weight is 338 g/mol. The lowest BCUT2D eigenvalue weighted by molar-refractivity contribution is -0.134. The van der Waals surface area contributed by atoms with Gasteiger partial charge in [0.2, 0.25) is 5.91 Å². The van der Waals surface area contributed by atoms with Crippen molar-refractivity contribution in [3.8, 4) is 0 Å². The maximum Gasteiger partial charge on any atom is 0.252 e. The molecule has 0 saturated carbocycles. The van der Waals surface area contributed by atoms with E-state index in [0.29, 0.717) is 24.9 Å². The van der Waals surface area contributed by atoms with Crippen molar-refractivity contribution >= 4 is 23.2 Å². The first-order valence-electron chi connectivity index (χ1n) is 8.29. The zero-order valence-electron chi connectivity index (χ0n) is 13.7. The first-order valence-corrected chi connectivity index (χ1v) is 9.23. The van der Waals surface area contributed by atoms with Gasteiger partial charge in [0.05, 0.1) is 0 Å². The molecule has 23 heavy (non-hydrogen) atoms. The largest absolute Gasteiger partial charge is 0.396 e. The summed E-state index contributed by atoms with van der Waals surface area (Å²) in [5.74, 6) is 0.0739. The first kappa shape index (κ1) is 17.9. The summed E-state index contributed by atoms with van der Waals surface area (Å²) in [6.45, 7) is 4.29. The Labute approximate surface area is 141 Å². The van der Waals surface area contributed by atoms with Gasteiger partial charge in [-0.2, -0.15) is 11.3 Å². The highest BCUT2D eigenvalue weighted by molar-refractivity contribution is 7.08. The van der Waals surface area contributed by atoms with Crippen LogP contribution in [0.2, 0.25) is 0 Å². The van der Waals surface area contributed by atoms with Gasteiger partial charge in [0, 0.05) is 43.6 Å². The number of aliphatic hydroxyl groups excluding tert-OH is 1. The van der Waals surface area contributed by atoms with E-state index < -0.39 is 0 Å². The van der Waals surface area contributed by atoms with Crippen LogP contribution in [0.15, 0.2) is 16.8 Å². The summed E-state index contributed by atoms with van der Waals surface area (Å²) in [7, 11) is 0. The number of aliphatic hydroxyl groups is 1. The van der Waals surface area contributed by atoms with Gasteiger partial charge < -0.3 is 15.3 Å². The lowest BCUT2D eigenvalue weighted by Gasteiger charge is -2.40. The topological polar surface area (TPSA) is 69.6 Å². The number of nitrogens with one attached hydrogen (secondary N) is 1.